The summed E-state index contributed by atoms with van der Waals surface area (Å²) >= 11 is 3.66. The van der Waals surface area contributed by atoms with Crippen molar-refractivity contribution < 1.29 is 4.74 Å². The Morgan fingerprint density at radius 1 is 1.33 bits per heavy atom. The summed E-state index contributed by atoms with van der Waals surface area (Å²) in [6.07, 6.45) is 6.28. The van der Waals surface area contributed by atoms with Crippen molar-refractivity contribution in [2.75, 3.05) is 19.7 Å². The van der Waals surface area contributed by atoms with Crippen molar-refractivity contribution in [1.29, 1.82) is 0 Å². The molecule has 116 valence electrons. The van der Waals surface area contributed by atoms with Crippen LogP contribution < -0.4 is 10.1 Å². The van der Waals surface area contributed by atoms with Gasteiger partial charge in [0, 0.05) is 17.4 Å². The fraction of sp³-hybridized carbons (Fsp3) is 0.667. The summed E-state index contributed by atoms with van der Waals surface area (Å²) in [6.45, 7) is 7.66. The van der Waals surface area contributed by atoms with Crippen LogP contribution >= 0.6 is 15.9 Å². The third-order valence-electron chi connectivity index (χ3n) is 4.86. The normalized spacial score (nSPS) is 19.2. The topological polar surface area (TPSA) is 21.3 Å². The van der Waals surface area contributed by atoms with Crippen molar-refractivity contribution in [1.82, 2.24) is 5.32 Å². The SMILES string of the molecule is CC(C)CNCC1(Cc2cc(Br)cc3c2OCC3)CCC1. The number of rotatable bonds is 6. The van der Waals surface area contributed by atoms with Crippen LogP contribution in [-0.4, -0.2) is 19.7 Å². The molecule has 1 aromatic rings. The van der Waals surface area contributed by atoms with Gasteiger partial charge in [0.2, 0.25) is 0 Å². The minimum absolute atomic E-state index is 0.454. The second-order valence-electron chi connectivity index (χ2n) is 7.21. The molecule has 1 heterocycles. The van der Waals surface area contributed by atoms with Gasteiger partial charge in [-0.25, -0.2) is 0 Å². The molecule has 1 fully saturated rings. The van der Waals surface area contributed by atoms with Crippen molar-refractivity contribution >= 4 is 15.9 Å². The van der Waals surface area contributed by atoms with Crippen molar-refractivity contribution in [2.24, 2.45) is 11.3 Å². The molecule has 2 aliphatic rings. The van der Waals surface area contributed by atoms with E-state index in [0.29, 0.717) is 5.41 Å². The van der Waals surface area contributed by atoms with Gasteiger partial charge in [-0.05, 0) is 60.4 Å². The maximum Gasteiger partial charge on any atom is 0.125 e. The van der Waals surface area contributed by atoms with E-state index in [4.69, 9.17) is 4.74 Å². The largest absolute Gasteiger partial charge is 0.493 e. The van der Waals surface area contributed by atoms with E-state index in [2.05, 4.69) is 47.2 Å². The smallest absolute Gasteiger partial charge is 0.125 e. The van der Waals surface area contributed by atoms with E-state index in [1.54, 1.807) is 0 Å². The highest BCUT2D eigenvalue weighted by molar-refractivity contribution is 9.10. The molecule has 0 atom stereocenters. The van der Waals surface area contributed by atoms with Crippen LogP contribution in [0.2, 0.25) is 0 Å². The molecule has 1 aliphatic heterocycles. The van der Waals surface area contributed by atoms with Gasteiger partial charge in [-0.1, -0.05) is 36.2 Å². The highest BCUT2D eigenvalue weighted by Crippen LogP contribution is 2.46. The Morgan fingerprint density at radius 3 is 2.81 bits per heavy atom. The van der Waals surface area contributed by atoms with Crippen LogP contribution in [0.1, 0.15) is 44.2 Å². The van der Waals surface area contributed by atoms with Crippen LogP contribution in [0, 0.1) is 11.3 Å². The van der Waals surface area contributed by atoms with E-state index >= 15 is 0 Å². The third-order valence-corrected chi connectivity index (χ3v) is 5.32. The molecule has 3 rings (SSSR count). The Labute approximate surface area is 136 Å². The lowest BCUT2D eigenvalue weighted by Crippen LogP contribution is -2.42. The second-order valence-corrected chi connectivity index (χ2v) is 8.12. The molecule has 1 saturated carbocycles. The van der Waals surface area contributed by atoms with Crippen molar-refractivity contribution in [3.05, 3.63) is 27.7 Å². The number of halogens is 1. The third kappa shape index (κ3) is 3.45. The molecular formula is C18H26BrNO. The molecule has 1 aromatic carbocycles. The monoisotopic (exact) mass is 351 g/mol. The lowest BCUT2D eigenvalue weighted by Gasteiger charge is -2.43. The van der Waals surface area contributed by atoms with Gasteiger partial charge in [0.1, 0.15) is 5.75 Å². The minimum Gasteiger partial charge on any atom is -0.493 e. The zero-order valence-corrected chi connectivity index (χ0v) is 14.8. The first-order valence-corrected chi connectivity index (χ1v) is 9.02. The molecule has 0 unspecified atom stereocenters. The van der Waals surface area contributed by atoms with Gasteiger partial charge >= 0.3 is 0 Å². The fourth-order valence-corrected chi connectivity index (χ4v) is 4.15. The molecule has 0 radical (unpaired) electrons. The predicted octanol–water partition coefficient (Wildman–Crippen LogP) is 4.34. The van der Waals surface area contributed by atoms with Gasteiger partial charge in [-0.2, -0.15) is 0 Å². The van der Waals surface area contributed by atoms with E-state index in [-0.39, 0.29) is 0 Å². The molecule has 1 aliphatic carbocycles. The minimum atomic E-state index is 0.454. The Balaban J connectivity index is 1.72. The molecule has 0 amide bonds. The number of fused-ring (bicyclic) bond motifs is 1. The van der Waals surface area contributed by atoms with Crippen LogP contribution in [0.5, 0.6) is 5.75 Å². The average Bonchev–Trinajstić information content (AvgIpc) is 2.83. The van der Waals surface area contributed by atoms with Gasteiger partial charge in [0.25, 0.3) is 0 Å². The van der Waals surface area contributed by atoms with Crippen LogP contribution in [0.25, 0.3) is 0 Å². The van der Waals surface area contributed by atoms with E-state index < -0.39 is 0 Å². The number of ether oxygens (including phenoxy) is 1. The highest BCUT2D eigenvalue weighted by Gasteiger charge is 2.38. The fourth-order valence-electron chi connectivity index (χ4n) is 3.60. The average molecular weight is 352 g/mol. The number of hydrogen-bond donors (Lipinski definition) is 1. The number of nitrogens with one attached hydrogen (secondary N) is 1. The van der Waals surface area contributed by atoms with E-state index in [1.807, 2.05) is 0 Å². The van der Waals surface area contributed by atoms with Crippen LogP contribution in [0.4, 0.5) is 0 Å². The molecule has 3 heteroatoms. The first-order chi connectivity index (χ1) is 10.1. The van der Waals surface area contributed by atoms with E-state index in [1.165, 1.54) is 40.6 Å². The van der Waals surface area contributed by atoms with Crippen LogP contribution in [-0.2, 0) is 12.8 Å². The molecule has 1 N–H and O–H groups in total. The van der Waals surface area contributed by atoms with Crippen molar-refractivity contribution in [2.45, 2.75) is 46.0 Å². The molecule has 0 aromatic heterocycles. The van der Waals surface area contributed by atoms with Gasteiger partial charge in [0.05, 0.1) is 6.61 Å². The van der Waals surface area contributed by atoms with Crippen LogP contribution in [0.15, 0.2) is 16.6 Å². The summed E-state index contributed by atoms with van der Waals surface area (Å²) in [6, 6.07) is 4.49. The number of benzene rings is 1. The van der Waals surface area contributed by atoms with Crippen molar-refractivity contribution in [3.8, 4) is 5.75 Å². The van der Waals surface area contributed by atoms with E-state index in [0.717, 1.165) is 38.5 Å². The maximum absolute atomic E-state index is 5.90. The van der Waals surface area contributed by atoms with E-state index in [9.17, 15) is 0 Å². The maximum atomic E-state index is 5.90. The van der Waals surface area contributed by atoms with Crippen LogP contribution in [0.3, 0.4) is 0 Å². The molecular weight excluding hydrogens is 326 g/mol. The number of hydrogen-bond acceptors (Lipinski definition) is 2. The second kappa shape index (κ2) is 6.29. The first-order valence-electron chi connectivity index (χ1n) is 8.23. The quantitative estimate of drug-likeness (QED) is 0.822. The molecule has 21 heavy (non-hydrogen) atoms. The van der Waals surface area contributed by atoms with Gasteiger partial charge < -0.3 is 10.1 Å². The molecule has 0 bridgehead atoms. The van der Waals surface area contributed by atoms with Gasteiger partial charge in [-0.15, -0.1) is 0 Å². The van der Waals surface area contributed by atoms with Crippen molar-refractivity contribution in [3.63, 3.8) is 0 Å². The summed E-state index contributed by atoms with van der Waals surface area (Å²) in [5.74, 6) is 1.90. The zero-order valence-electron chi connectivity index (χ0n) is 13.2. The molecule has 2 nitrogen and oxygen atoms in total. The van der Waals surface area contributed by atoms with Gasteiger partial charge in [0.15, 0.2) is 0 Å². The Morgan fingerprint density at radius 2 is 2.14 bits per heavy atom. The summed E-state index contributed by atoms with van der Waals surface area (Å²) in [4.78, 5) is 0. The standard InChI is InChI=1S/C18H26BrNO/c1-13(2)11-20-12-18(5-3-6-18)10-15-9-16(19)8-14-4-7-21-17(14)15/h8-9,13,20H,3-7,10-12H2,1-2H3. The summed E-state index contributed by atoms with van der Waals surface area (Å²) in [5.41, 5.74) is 3.24. The first kappa shape index (κ1) is 15.4. The van der Waals surface area contributed by atoms with Gasteiger partial charge in [-0.3, -0.25) is 0 Å². The lowest BCUT2D eigenvalue weighted by molar-refractivity contribution is 0.127. The molecule has 0 spiro atoms. The zero-order chi connectivity index (χ0) is 14.9. The summed E-state index contributed by atoms with van der Waals surface area (Å²) in [7, 11) is 0. The highest BCUT2D eigenvalue weighted by atomic mass is 79.9. The predicted molar refractivity (Wildman–Crippen MR) is 91.0 cm³/mol. The Hall–Kier alpha value is -0.540. The Kier molecular flexibility index (Phi) is 4.60. The summed E-state index contributed by atoms with van der Waals surface area (Å²) in [5, 5.41) is 3.68. The molecule has 0 saturated heterocycles. The summed E-state index contributed by atoms with van der Waals surface area (Å²) < 4.78 is 7.10. The lowest BCUT2D eigenvalue weighted by atomic mass is 9.65. The Bertz CT molecular complexity index is 508.